The molecule has 7 aliphatic heterocycles. The third-order valence-corrected chi connectivity index (χ3v) is 19.2. The van der Waals surface area contributed by atoms with Crippen molar-refractivity contribution in [3.05, 3.63) is 11.6 Å². The highest BCUT2D eigenvalue weighted by molar-refractivity contribution is 5.26. The molecular formula is C50H80O24. The molecule has 3 aliphatic carbocycles. The number of aliphatic hydroxyl groups is 13. The van der Waals surface area contributed by atoms with Crippen molar-refractivity contribution in [1.82, 2.24) is 0 Å². The molecule has 2 saturated carbocycles. The fourth-order valence-corrected chi connectivity index (χ4v) is 14.7. The molecule has 17 unspecified atom stereocenters. The van der Waals surface area contributed by atoms with Crippen molar-refractivity contribution < 1.29 is 118 Å². The van der Waals surface area contributed by atoms with Gasteiger partial charge in [-0.25, -0.2) is 0 Å². The molecule has 424 valence electrons. The SMILES string of the molecule is C[C@@H]1CC[C@@]2(OC1)OC1OC3C4CC=C5C[C@@H](O[C@@H]6OC(CO)[C@@H](O[C@H]7OC(CO)[C@@H](O[C@@H]8OC(CO)[C@@H](O[C@H]9OC(CO)[C@@H](O)C(O)C9O)C(O)C8O)C(O)C7O)C(O)C6O)CC[C@]5(C)C4CC[C@]3(C)C1[C@@H]2C. The summed E-state index contributed by atoms with van der Waals surface area (Å²) in [6.45, 7) is 6.64. The van der Waals surface area contributed by atoms with E-state index in [1.165, 1.54) is 5.57 Å². The van der Waals surface area contributed by atoms with Crippen LogP contribution in [0.3, 0.4) is 0 Å². The molecule has 24 heteroatoms. The van der Waals surface area contributed by atoms with Gasteiger partial charge in [0.2, 0.25) is 0 Å². The summed E-state index contributed by atoms with van der Waals surface area (Å²) in [5, 5.41) is 139. The molecule has 10 aliphatic rings. The van der Waals surface area contributed by atoms with Gasteiger partial charge < -0.3 is 118 Å². The van der Waals surface area contributed by atoms with Gasteiger partial charge in [-0.3, -0.25) is 0 Å². The topological polar surface area (TPSA) is 365 Å². The predicted octanol–water partition coefficient (Wildman–Crippen LogP) is -3.65. The van der Waals surface area contributed by atoms with Gasteiger partial charge in [0.05, 0.1) is 45.2 Å². The van der Waals surface area contributed by atoms with Crippen LogP contribution < -0.4 is 0 Å². The Morgan fingerprint density at radius 2 is 1.05 bits per heavy atom. The number of fused-ring (bicyclic) bond motifs is 7. The Morgan fingerprint density at radius 1 is 0.554 bits per heavy atom. The molecule has 0 bridgehead atoms. The Balaban J connectivity index is 0.738. The van der Waals surface area contributed by atoms with Crippen LogP contribution in [0, 0.1) is 40.4 Å². The molecule has 10 rings (SSSR count). The van der Waals surface area contributed by atoms with Crippen molar-refractivity contribution in [2.45, 2.75) is 226 Å². The molecule has 24 nitrogen and oxygen atoms in total. The number of allylic oxidation sites excluding steroid dienone is 1. The molecule has 13 N–H and O–H groups in total. The number of ether oxygens (including phenoxy) is 11. The van der Waals surface area contributed by atoms with Gasteiger partial charge in [0.25, 0.3) is 0 Å². The van der Waals surface area contributed by atoms with Crippen LogP contribution >= 0.6 is 0 Å². The second-order valence-electron chi connectivity index (χ2n) is 23.4. The first-order valence-corrected chi connectivity index (χ1v) is 26.7. The van der Waals surface area contributed by atoms with E-state index >= 15 is 0 Å². The lowest BCUT2D eigenvalue weighted by atomic mass is 9.48. The Morgan fingerprint density at radius 3 is 1.55 bits per heavy atom. The highest BCUT2D eigenvalue weighted by atomic mass is 16.8. The summed E-state index contributed by atoms with van der Waals surface area (Å²) in [7, 11) is 0. The van der Waals surface area contributed by atoms with Crippen LogP contribution in [0.15, 0.2) is 11.6 Å². The third-order valence-electron chi connectivity index (χ3n) is 19.2. The molecule has 9 fully saturated rings. The van der Waals surface area contributed by atoms with Crippen molar-refractivity contribution in [2.24, 2.45) is 40.4 Å². The number of rotatable bonds is 12. The summed E-state index contributed by atoms with van der Waals surface area (Å²) in [4.78, 5) is 0. The zero-order valence-electron chi connectivity index (χ0n) is 42.2. The highest BCUT2D eigenvalue weighted by Gasteiger charge is 2.70. The average molecular weight is 1070 g/mol. The van der Waals surface area contributed by atoms with Gasteiger partial charge in [-0.05, 0) is 68.1 Å². The van der Waals surface area contributed by atoms with Crippen LogP contribution in [0.4, 0.5) is 0 Å². The van der Waals surface area contributed by atoms with Gasteiger partial charge in [0.15, 0.2) is 37.2 Å². The Bertz CT molecular complexity index is 1940. The maximum atomic E-state index is 11.5. The number of hydrogen-bond donors (Lipinski definition) is 13. The van der Waals surface area contributed by atoms with Crippen molar-refractivity contribution in [3.63, 3.8) is 0 Å². The summed E-state index contributed by atoms with van der Waals surface area (Å²) in [6, 6.07) is 0. The normalized spacial score (nSPS) is 56.5. The second kappa shape index (κ2) is 21.7. The first-order chi connectivity index (χ1) is 35.2. The fraction of sp³-hybridized carbons (Fsp3) is 0.960. The van der Waals surface area contributed by atoms with E-state index in [9.17, 15) is 66.4 Å². The lowest BCUT2D eigenvalue weighted by Crippen LogP contribution is -2.67. The van der Waals surface area contributed by atoms with Crippen molar-refractivity contribution in [2.75, 3.05) is 33.0 Å². The zero-order valence-corrected chi connectivity index (χ0v) is 42.2. The molecule has 7 heterocycles. The molecular weight excluding hydrogens is 985 g/mol. The molecule has 1 spiro atoms. The zero-order chi connectivity index (χ0) is 52.9. The van der Waals surface area contributed by atoms with Crippen LogP contribution in [-0.4, -0.2) is 247 Å². The van der Waals surface area contributed by atoms with Gasteiger partial charge in [-0.2, -0.15) is 0 Å². The Labute approximate surface area is 428 Å². The standard InChI is InChI=1S/C50H80O24/c1-19-7-12-50(64-18-19)20(2)29-43(74-50)73-42-23-6-5-21-13-22(8-10-48(21,3)24(23)9-11-49(29,42)4)65-44-36(61)32(57)39(26(15-52)67-44)71-46-38(63)34(59)41(28(17-54)69-46)72-47-37(62)33(58)40(27(16-53)68-47)70-45-35(60)31(56)30(55)25(14-51)66-45/h5,19-20,22-47,51-63H,6-18H2,1-4H3/t19-,20+,22+,23?,24?,25?,26?,27?,28?,29?,30-,31?,32?,33?,34?,35?,36?,37?,38?,39-,40-,41-,42?,43?,44-,45-,46-,47+,48+,49-,50-/m1/s1. The second-order valence-corrected chi connectivity index (χ2v) is 23.4. The summed E-state index contributed by atoms with van der Waals surface area (Å²) in [5.41, 5.74) is 1.13. The predicted molar refractivity (Wildman–Crippen MR) is 245 cm³/mol. The minimum atomic E-state index is -2.03. The lowest BCUT2D eigenvalue weighted by Gasteiger charge is -2.57. The van der Waals surface area contributed by atoms with E-state index in [-0.39, 0.29) is 35.1 Å². The number of hydrogen-bond acceptors (Lipinski definition) is 24. The van der Waals surface area contributed by atoms with Crippen molar-refractivity contribution >= 4 is 0 Å². The molecule has 31 atom stereocenters. The average Bonchev–Trinajstić information content (AvgIpc) is 3.84. The molecule has 0 aromatic carbocycles. The van der Waals surface area contributed by atoms with Gasteiger partial charge in [0.1, 0.15) is 97.7 Å². The minimum absolute atomic E-state index is 0.0387. The maximum absolute atomic E-state index is 11.5. The Hall–Kier alpha value is -1.22. The van der Waals surface area contributed by atoms with Gasteiger partial charge in [0, 0.05) is 23.7 Å². The molecule has 0 aromatic heterocycles. The van der Waals surface area contributed by atoms with Crippen LogP contribution in [-0.2, 0) is 52.1 Å². The van der Waals surface area contributed by atoms with E-state index < -0.39 is 161 Å². The quantitative estimate of drug-likeness (QED) is 0.0838. The molecule has 74 heavy (non-hydrogen) atoms. The summed E-state index contributed by atoms with van der Waals surface area (Å²) in [5.74, 6) is 1.12. The van der Waals surface area contributed by atoms with E-state index in [4.69, 9.17) is 52.1 Å². The van der Waals surface area contributed by atoms with E-state index in [1.54, 1.807) is 0 Å². The van der Waals surface area contributed by atoms with E-state index in [1.807, 2.05) is 0 Å². The fourth-order valence-electron chi connectivity index (χ4n) is 14.7. The molecule has 0 amide bonds. The van der Waals surface area contributed by atoms with E-state index in [2.05, 4.69) is 33.8 Å². The number of aliphatic hydroxyl groups excluding tert-OH is 13. The van der Waals surface area contributed by atoms with Crippen molar-refractivity contribution in [3.8, 4) is 0 Å². The van der Waals surface area contributed by atoms with Crippen molar-refractivity contribution in [1.29, 1.82) is 0 Å². The highest BCUT2D eigenvalue weighted by Crippen LogP contribution is 2.68. The summed E-state index contributed by atoms with van der Waals surface area (Å²) < 4.78 is 66.6. The van der Waals surface area contributed by atoms with Gasteiger partial charge >= 0.3 is 0 Å². The van der Waals surface area contributed by atoms with Crippen LogP contribution in [0.25, 0.3) is 0 Å². The van der Waals surface area contributed by atoms with Crippen LogP contribution in [0.2, 0.25) is 0 Å². The third kappa shape index (κ3) is 9.47. The minimum Gasteiger partial charge on any atom is -0.394 e. The summed E-state index contributed by atoms with van der Waals surface area (Å²) >= 11 is 0. The Kier molecular flexibility index (Phi) is 16.4. The lowest BCUT2D eigenvalue weighted by molar-refractivity contribution is -0.389. The molecule has 0 aromatic rings. The van der Waals surface area contributed by atoms with E-state index in [0.717, 1.165) is 38.5 Å². The summed E-state index contributed by atoms with van der Waals surface area (Å²) in [6.07, 6.45) is -25.9. The first-order valence-electron chi connectivity index (χ1n) is 26.7. The molecule has 0 radical (unpaired) electrons. The van der Waals surface area contributed by atoms with Crippen LogP contribution in [0.5, 0.6) is 0 Å². The van der Waals surface area contributed by atoms with Crippen LogP contribution in [0.1, 0.15) is 79.1 Å². The van der Waals surface area contributed by atoms with Gasteiger partial charge in [-0.15, -0.1) is 0 Å². The van der Waals surface area contributed by atoms with E-state index in [0.29, 0.717) is 37.2 Å². The molecule has 7 saturated heterocycles. The first kappa shape index (κ1) is 56.1. The maximum Gasteiger partial charge on any atom is 0.187 e. The largest absolute Gasteiger partial charge is 0.394 e. The van der Waals surface area contributed by atoms with Gasteiger partial charge in [-0.1, -0.05) is 39.3 Å². The smallest absolute Gasteiger partial charge is 0.187 e. The monoisotopic (exact) mass is 1060 g/mol.